The van der Waals surface area contributed by atoms with Crippen LogP contribution in [0.5, 0.6) is 0 Å². The molecule has 1 N–H and O–H groups in total. The van der Waals surface area contributed by atoms with Crippen molar-refractivity contribution < 1.29 is 23.4 Å². The van der Waals surface area contributed by atoms with E-state index in [0.717, 1.165) is 6.07 Å². The van der Waals surface area contributed by atoms with Gasteiger partial charge in [0, 0.05) is 24.7 Å². The molecule has 110 valence electrons. The SMILES string of the molecule is CC(c1cccc(F)c1F)N1CCOC(CC(=O)O)C1. The van der Waals surface area contributed by atoms with Gasteiger partial charge in [0.05, 0.1) is 19.1 Å². The number of carboxylic acid groups (broad SMARTS) is 1. The van der Waals surface area contributed by atoms with Gasteiger partial charge in [-0.25, -0.2) is 8.78 Å². The van der Waals surface area contributed by atoms with Crippen LogP contribution in [0.1, 0.15) is 24.9 Å². The predicted octanol–water partition coefficient (Wildman–Crippen LogP) is 2.20. The number of morpholine rings is 1. The molecule has 6 heteroatoms. The average molecular weight is 285 g/mol. The number of carboxylic acids is 1. The van der Waals surface area contributed by atoms with Gasteiger partial charge in [-0.05, 0) is 13.0 Å². The molecule has 1 aromatic rings. The average Bonchev–Trinajstić information content (AvgIpc) is 2.41. The molecule has 2 unspecified atom stereocenters. The van der Waals surface area contributed by atoms with Crippen LogP contribution in [0.4, 0.5) is 8.78 Å². The molecule has 2 atom stereocenters. The molecule has 2 rings (SSSR count). The Kier molecular flexibility index (Phi) is 4.67. The summed E-state index contributed by atoms with van der Waals surface area (Å²) in [6, 6.07) is 3.77. The van der Waals surface area contributed by atoms with Gasteiger partial charge in [0.15, 0.2) is 11.6 Å². The maximum Gasteiger partial charge on any atom is 0.306 e. The number of hydrogen-bond donors (Lipinski definition) is 1. The van der Waals surface area contributed by atoms with Gasteiger partial charge in [-0.1, -0.05) is 12.1 Å². The molecule has 1 heterocycles. The number of aliphatic carboxylic acids is 1. The van der Waals surface area contributed by atoms with E-state index in [9.17, 15) is 13.6 Å². The lowest BCUT2D eigenvalue weighted by atomic mass is 10.0. The standard InChI is InChI=1S/C14H17F2NO3/c1-9(11-3-2-4-12(15)14(11)16)17-5-6-20-10(8-17)7-13(18)19/h2-4,9-10H,5-8H2,1H3,(H,18,19). The summed E-state index contributed by atoms with van der Waals surface area (Å²) in [4.78, 5) is 12.6. The Labute approximate surface area is 116 Å². The third-order valence-corrected chi connectivity index (χ3v) is 3.55. The minimum absolute atomic E-state index is 0.0884. The second kappa shape index (κ2) is 6.28. The Balaban J connectivity index is 2.10. The van der Waals surface area contributed by atoms with Crippen molar-refractivity contribution in [1.29, 1.82) is 0 Å². The molecule has 4 nitrogen and oxygen atoms in total. The number of hydrogen-bond acceptors (Lipinski definition) is 3. The summed E-state index contributed by atoms with van der Waals surface area (Å²) in [5.74, 6) is -2.65. The van der Waals surface area contributed by atoms with Crippen molar-refractivity contribution in [2.24, 2.45) is 0 Å². The normalized spacial score (nSPS) is 21.6. The molecule has 1 aliphatic rings. The van der Waals surface area contributed by atoms with Crippen LogP contribution < -0.4 is 0 Å². The van der Waals surface area contributed by atoms with E-state index in [2.05, 4.69) is 0 Å². The summed E-state index contributed by atoms with van der Waals surface area (Å²) >= 11 is 0. The molecule has 0 bridgehead atoms. The highest BCUT2D eigenvalue weighted by Crippen LogP contribution is 2.26. The van der Waals surface area contributed by atoms with Crippen molar-refractivity contribution in [3.63, 3.8) is 0 Å². The molecule has 1 fully saturated rings. The zero-order valence-electron chi connectivity index (χ0n) is 11.2. The van der Waals surface area contributed by atoms with Crippen molar-refractivity contribution in [3.05, 3.63) is 35.4 Å². The Morgan fingerprint density at radius 2 is 2.30 bits per heavy atom. The van der Waals surface area contributed by atoms with E-state index in [1.807, 2.05) is 4.90 Å². The van der Waals surface area contributed by atoms with Gasteiger partial charge >= 0.3 is 5.97 Å². The molecule has 1 saturated heterocycles. The number of rotatable bonds is 4. The van der Waals surface area contributed by atoms with Crippen molar-refractivity contribution in [1.82, 2.24) is 4.90 Å². The minimum Gasteiger partial charge on any atom is -0.481 e. The third-order valence-electron chi connectivity index (χ3n) is 3.55. The van der Waals surface area contributed by atoms with Gasteiger partial charge in [-0.2, -0.15) is 0 Å². The largest absolute Gasteiger partial charge is 0.481 e. The zero-order chi connectivity index (χ0) is 14.7. The first-order valence-corrected chi connectivity index (χ1v) is 6.50. The van der Waals surface area contributed by atoms with E-state index in [1.54, 1.807) is 13.0 Å². The number of nitrogens with zero attached hydrogens (tertiary/aromatic N) is 1. The fraction of sp³-hybridized carbons (Fsp3) is 0.500. The second-order valence-corrected chi connectivity index (χ2v) is 4.90. The zero-order valence-corrected chi connectivity index (χ0v) is 11.2. The van der Waals surface area contributed by atoms with Gasteiger partial charge < -0.3 is 9.84 Å². The molecule has 0 aliphatic carbocycles. The quantitative estimate of drug-likeness (QED) is 0.921. The lowest BCUT2D eigenvalue weighted by Crippen LogP contribution is -2.44. The van der Waals surface area contributed by atoms with Crippen LogP contribution in [0, 0.1) is 11.6 Å². The number of carbonyl (C=O) groups is 1. The molecule has 20 heavy (non-hydrogen) atoms. The third kappa shape index (κ3) is 3.32. The smallest absolute Gasteiger partial charge is 0.306 e. The molecule has 1 aromatic carbocycles. The summed E-state index contributed by atoms with van der Waals surface area (Å²) in [7, 11) is 0. The summed E-state index contributed by atoms with van der Waals surface area (Å²) in [6.45, 7) is 3.12. The Morgan fingerprint density at radius 1 is 1.55 bits per heavy atom. The highest BCUT2D eigenvalue weighted by Gasteiger charge is 2.28. The monoisotopic (exact) mass is 285 g/mol. The molecule has 1 aliphatic heterocycles. The van der Waals surface area contributed by atoms with Gasteiger partial charge in [-0.15, -0.1) is 0 Å². The maximum atomic E-state index is 13.8. The Bertz CT molecular complexity index is 495. The molecular weight excluding hydrogens is 268 g/mol. The minimum atomic E-state index is -0.929. The van der Waals surface area contributed by atoms with E-state index in [-0.39, 0.29) is 18.0 Å². The fourth-order valence-electron chi connectivity index (χ4n) is 2.45. The van der Waals surface area contributed by atoms with Crippen LogP contribution in [-0.2, 0) is 9.53 Å². The molecule has 0 amide bonds. The van der Waals surface area contributed by atoms with E-state index >= 15 is 0 Å². The Hall–Kier alpha value is -1.53. The topological polar surface area (TPSA) is 49.8 Å². The van der Waals surface area contributed by atoms with Gasteiger partial charge in [0.2, 0.25) is 0 Å². The predicted molar refractivity (Wildman–Crippen MR) is 68.3 cm³/mol. The van der Waals surface area contributed by atoms with E-state index in [4.69, 9.17) is 9.84 Å². The highest BCUT2D eigenvalue weighted by molar-refractivity contribution is 5.67. The lowest BCUT2D eigenvalue weighted by molar-refractivity contribution is -0.142. The number of halogens is 2. The molecule has 0 saturated carbocycles. The summed E-state index contributed by atoms with van der Waals surface area (Å²) < 4.78 is 32.4. The van der Waals surface area contributed by atoms with Crippen molar-refractivity contribution in [3.8, 4) is 0 Å². The molecule has 0 radical (unpaired) electrons. The lowest BCUT2D eigenvalue weighted by Gasteiger charge is -2.36. The van der Waals surface area contributed by atoms with Crippen LogP contribution >= 0.6 is 0 Å². The van der Waals surface area contributed by atoms with Crippen LogP contribution in [0.25, 0.3) is 0 Å². The van der Waals surface area contributed by atoms with Crippen LogP contribution in [0.2, 0.25) is 0 Å². The fourth-order valence-corrected chi connectivity index (χ4v) is 2.45. The molecule has 0 aromatic heterocycles. The molecular formula is C14H17F2NO3. The van der Waals surface area contributed by atoms with Gasteiger partial charge in [-0.3, -0.25) is 9.69 Å². The number of ether oxygens (including phenoxy) is 1. The second-order valence-electron chi connectivity index (χ2n) is 4.90. The van der Waals surface area contributed by atoms with E-state index in [0.29, 0.717) is 19.7 Å². The summed E-state index contributed by atoms with van der Waals surface area (Å²) in [5.41, 5.74) is 0.279. The van der Waals surface area contributed by atoms with E-state index in [1.165, 1.54) is 6.07 Å². The first kappa shape index (κ1) is 14.9. The highest BCUT2D eigenvalue weighted by atomic mass is 19.2. The van der Waals surface area contributed by atoms with Crippen LogP contribution in [-0.4, -0.2) is 41.8 Å². The number of benzene rings is 1. The Morgan fingerprint density at radius 3 is 3.00 bits per heavy atom. The van der Waals surface area contributed by atoms with Crippen LogP contribution in [0.3, 0.4) is 0 Å². The van der Waals surface area contributed by atoms with Crippen molar-refractivity contribution in [2.75, 3.05) is 19.7 Å². The van der Waals surface area contributed by atoms with Crippen molar-refractivity contribution in [2.45, 2.75) is 25.5 Å². The van der Waals surface area contributed by atoms with E-state index < -0.39 is 23.7 Å². The first-order chi connectivity index (χ1) is 9.49. The summed E-state index contributed by atoms with van der Waals surface area (Å²) in [6.07, 6.45) is -0.505. The van der Waals surface area contributed by atoms with Crippen molar-refractivity contribution >= 4 is 5.97 Å². The molecule has 0 spiro atoms. The van der Waals surface area contributed by atoms with Gasteiger partial charge in [0.1, 0.15) is 0 Å². The maximum absolute atomic E-state index is 13.8. The summed E-state index contributed by atoms with van der Waals surface area (Å²) in [5, 5.41) is 8.78. The first-order valence-electron chi connectivity index (χ1n) is 6.50. The van der Waals surface area contributed by atoms with Gasteiger partial charge in [0.25, 0.3) is 0 Å². The van der Waals surface area contributed by atoms with Crippen LogP contribution in [0.15, 0.2) is 18.2 Å².